The Balaban J connectivity index is 0.00000144. The number of rotatable bonds is 4. The van der Waals surface area contributed by atoms with Crippen molar-refractivity contribution in [2.45, 2.75) is 13.1 Å². The minimum absolute atomic E-state index is 0. The summed E-state index contributed by atoms with van der Waals surface area (Å²) >= 11 is 0. The van der Waals surface area contributed by atoms with E-state index in [1.54, 1.807) is 24.5 Å². The second-order valence-corrected chi connectivity index (χ2v) is 3.56. The Morgan fingerprint density at radius 3 is 2.44 bits per heavy atom. The molecule has 0 atom stereocenters. The van der Waals surface area contributed by atoms with Crippen LogP contribution in [0.25, 0.3) is 0 Å². The van der Waals surface area contributed by atoms with E-state index in [0.717, 1.165) is 5.56 Å². The quantitative estimate of drug-likeness (QED) is 0.933. The van der Waals surface area contributed by atoms with Crippen LogP contribution in [-0.2, 0) is 13.1 Å². The molecule has 2 rings (SSSR count). The molecule has 0 radical (unpaired) electrons. The van der Waals surface area contributed by atoms with Crippen LogP contribution in [-0.4, -0.2) is 4.98 Å². The summed E-state index contributed by atoms with van der Waals surface area (Å²) in [7, 11) is 0. The second-order valence-electron chi connectivity index (χ2n) is 3.56. The number of halogens is 3. The van der Waals surface area contributed by atoms with Crippen LogP contribution < -0.4 is 5.32 Å². The zero-order valence-electron chi connectivity index (χ0n) is 9.67. The van der Waals surface area contributed by atoms with Crippen LogP contribution >= 0.6 is 24.8 Å². The molecule has 1 heterocycles. The van der Waals surface area contributed by atoms with Crippen molar-refractivity contribution in [3.63, 3.8) is 0 Å². The predicted molar refractivity (Wildman–Crippen MR) is 75.7 cm³/mol. The summed E-state index contributed by atoms with van der Waals surface area (Å²) in [5.74, 6) is -0.166. The van der Waals surface area contributed by atoms with Crippen LogP contribution in [0.15, 0.2) is 48.8 Å². The summed E-state index contributed by atoms with van der Waals surface area (Å²) in [4.78, 5) is 4.01. The second kappa shape index (κ2) is 8.86. The Hall–Kier alpha value is -1.16. The molecule has 1 N–H and O–H groups in total. The van der Waals surface area contributed by atoms with E-state index in [1.165, 1.54) is 6.07 Å². The van der Waals surface area contributed by atoms with Gasteiger partial charge >= 0.3 is 0 Å². The number of hydrogen-bond donors (Lipinski definition) is 1. The van der Waals surface area contributed by atoms with Crippen LogP contribution in [0.3, 0.4) is 0 Å². The average Bonchev–Trinajstić information content (AvgIpc) is 2.33. The molecule has 0 bridgehead atoms. The molecule has 2 nitrogen and oxygen atoms in total. The highest BCUT2D eigenvalue weighted by molar-refractivity contribution is 5.85. The SMILES string of the molecule is Cl.Cl.Fc1ccccc1CNCc1cccnc1. The largest absolute Gasteiger partial charge is 0.308 e. The molecule has 2 aromatic rings. The van der Waals surface area contributed by atoms with Gasteiger partial charge in [-0.05, 0) is 17.7 Å². The Morgan fingerprint density at radius 1 is 1.00 bits per heavy atom. The molecule has 0 saturated carbocycles. The van der Waals surface area contributed by atoms with Crippen molar-refractivity contribution >= 4 is 24.8 Å². The summed E-state index contributed by atoms with van der Waals surface area (Å²) in [6.07, 6.45) is 3.54. The lowest BCUT2D eigenvalue weighted by atomic mass is 10.2. The first-order chi connectivity index (χ1) is 7.86. The molecule has 1 aromatic carbocycles. The van der Waals surface area contributed by atoms with Crippen molar-refractivity contribution in [1.82, 2.24) is 10.3 Å². The molecule has 18 heavy (non-hydrogen) atoms. The standard InChI is InChI=1S/C13H13FN2.2ClH/c14-13-6-2-1-5-12(13)10-16-9-11-4-3-7-15-8-11;;/h1-8,16H,9-10H2;2*1H. The Kier molecular flexibility index (Phi) is 8.29. The molecule has 5 heteroatoms. The van der Waals surface area contributed by atoms with E-state index < -0.39 is 0 Å². The fourth-order valence-electron chi connectivity index (χ4n) is 1.49. The van der Waals surface area contributed by atoms with Crippen LogP contribution in [0, 0.1) is 5.82 Å². The zero-order valence-corrected chi connectivity index (χ0v) is 11.3. The fourth-order valence-corrected chi connectivity index (χ4v) is 1.49. The molecule has 0 aliphatic heterocycles. The maximum atomic E-state index is 13.3. The van der Waals surface area contributed by atoms with Gasteiger partial charge in [-0.25, -0.2) is 4.39 Å². The third kappa shape index (κ3) is 5.00. The summed E-state index contributed by atoms with van der Waals surface area (Å²) < 4.78 is 13.3. The number of nitrogens with one attached hydrogen (secondary N) is 1. The minimum atomic E-state index is -0.166. The maximum Gasteiger partial charge on any atom is 0.127 e. The van der Waals surface area contributed by atoms with Gasteiger partial charge in [0.25, 0.3) is 0 Å². The molecule has 0 unspecified atom stereocenters. The van der Waals surface area contributed by atoms with Gasteiger partial charge < -0.3 is 5.32 Å². The summed E-state index contributed by atoms with van der Waals surface area (Å²) in [6, 6.07) is 10.7. The fraction of sp³-hybridized carbons (Fsp3) is 0.154. The van der Waals surface area contributed by atoms with Gasteiger partial charge in [0.2, 0.25) is 0 Å². The van der Waals surface area contributed by atoms with Gasteiger partial charge in [-0.2, -0.15) is 0 Å². The third-order valence-electron chi connectivity index (χ3n) is 2.33. The molecule has 1 aromatic heterocycles. The maximum absolute atomic E-state index is 13.3. The highest BCUT2D eigenvalue weighted by Crippen LogP contribution is 2.05. The Bertz CT molecular complexity index is 452. The molecular weight excluding hydrogens is 274 g/mol. The first-order valence-electron chi connectivity index (χ1n) is 5.19. The van der Waals surface area contributed by atoms with Crippen molar-refractivity contribution in [1.29, 1.82) is 0 Å². The van der Waals surface area contributed by atoms with Crippen molar-refractivity contribution in [3.8, 4) is 0 Å². The van der Waals surface area contributed by atoms with Gasteiger partial charge in [-0.1, -0.05) is 24.3 Å². The minimum Gasteiger partial charge on any atom is -0.308 e. The van der Waals surface area contributed by atoms with E-state index in [1.807, 2.05) is 18.2 Å². The third-order valence-corrected chi connectivity index (χ3v) is 2.33. The topological polar surface area (TPSA) is 24.9 Å². The number of aromatic nitrogens is 1. The van der Waals surface area contributed by atoms with Crippen molar-refractivity contribution in [3.05, 3.63) is 65.7 Å². The van der Waals surface area contributed by atoms with E-state index in [4.69, 9.17) is 0 Å². The lowest BCUT2D eigenvalue weighted by Crippen LogP contribution is -2.13. The predicted octanol–water partition coefficient (Wildman–Crippen LogP) is 3.35. The Labute approximate surface area is 118 Å². The lowest BCUT2D eigenvalue weighted by molar-refractivity contribution is 0.588. The van der Waals surface area contributed by atoms with Gasteiger partial charge in [0.15, 0.2) is 0 Å². The molecule has 98 valence electrons. The highest BCUT2D eigenvalue weighted by Gasteiger charge is 1.99. The van der Waals surface area contributed by atoms with Crippen molar-refractivity contribution < 1.29 is 4.39 Å². The van der Waals surface area contributed by atoms with E-state index >= 15 is 0 Å². The average molecular weight is 289 g/mol. The van der Waals surface area contributed by atoms with Crippen LogP contribution in [0.1, 0.15) is 11.1 Å². The molecule has 0 fully saturated rings. The van der Waals surface area contributed by atoms with Crippen molar-refractivity contribution in [2.24, 2.45) is 0 Å². The summed E-state index contributed by atoms with van der Waals surface area (Å²) in [6.45, 7) is 1.23. The molecule has 0 spiro atoms. The highest BCUT2D eigenvalue weighted by atomic mass is 35.5. The molecule has 0 aliphatic rings. The number of pyridine rings is 1. The van der Waals surface area contributed by atoms with E-state index in [2.05, 4.69) is 10.3 Å². The van der Waals surface area contributed by atoms with Gasteiger partial charge in [-0.3, -0.25) is 4.98 Å². The van der Waals surface area contributed by atoms with Gasteiger partial charge in [0, 0.05) is 31.0 Å². The number of benzene rings is 1. The zero-order chi connectivity index (χ0) is 11.2. The number of nitrogens with zero attached hydrogens (tertiary/aromatic N) is 1. The summed E-state index contributed by atoms with van der Waals surface area (Å²) in [5.41, 5.74) is 1.78. The number of hydrogen-bond acceptors (Lipinski definition) is 2. The van der Waals surface area contributed by atoms with E-state index in [0.29, 0.717) is 18.7 Å². The molecule has 0 amide bonds. The van der Waals surface area contributed by atoms with Crippen LogP contribution in [0.4, 0.5) is 4.39 Å². The van der Waals surface area contributed by atoms with Gasteiger partial charge in [0.1, 0.15) is 5.82 Å². The molecule has 0 saturated heterocycles. The van der Waals surface area contributed by atoms with E-state index in [-0.39, 0.29) is 30.6 Å². The monoisotopic (exact) mass is 288 g/mol. The Morgan fingerprint density at radius 2 is 1.78 bits per heavy atom. The smallest absolute Gasteiger partial charge is 0.127 e. The van der Waals surface area contributed by atoms with E-state index in [9.17, 15) is 4.39 Å². The first-order valence-corrected chi connectivity index (χ1v) is 5.19. The summed E-state index contributed by atoms with van der Waals surface area (Å²) in [5, 5.41) is 3.18. The molecular formula is C13H15Cl2FN2. The van der Waals surface area contributed by atoms with Crippen molar-refractivity contribution in [2.75, 3.05) is 0 Å². The lowest BCUT2D eigenvalue weighted by Gasteiger charge is -2.05. The van der Waals surface area contributed by atoms with Gasteiger partial charge in [0.05, 0.1) is 0 Å². The first kappa shape index (κ1) is 16.8. The molecule has 0 aliphatic carbocycles. The normalized spacial score (nSPS) is 9.17. The van der Waals surface area contributed by atoms with Crippen LogP contribution in [0.2, 0.25) is 0 Å². The van der Waals surface area contributed by atoms with Gasteiger partial charge in [-0.15, -0.1) is 24.8 Å². The van der Waals surface area contributed by atoms with Crippen LogP contribution in [0.5, 0.6) is 0 Å².